The highest BCUT2D eigenvalue weighted by molar-refractivity contribution is 5.94. The average Bonchev–Trinajstić information content (AvgIpc) is 2.53. The maximum Gasteiger partial charge on any atom is 0.251 e. The van der Waals surface area contributed by atoms with E-state index in [1.807, 2.05) is 24.3 Å². The normalized spacial score (nSPS) is 22.1. The van der Waals surface area contributed by atoms with Crippen molar-refractivity contribution in [3.05, 3.63) is 41.5 Å². The minimum absolute atomic E-state index is 0.0635. The van der Waals surface area contributed by atoms with E-state index in [1.54, 1.807) is 0 Å². The van der Waals surface area contributed by atoms with E-state index in [-0.39, 0.29) is 5.91 Å². The zero-order chi connectivity index (χ0) is 17.7. The molecule has 0 aromatic heterocycles. The van der Waals surface area contributed by atoms with Gasteiger partial charge >= 0.3 is 0 Å². The fourth-order valence-electron chi connectivity index (χ4n) is 3.42. The third-order valence-electron chi connectivity index (χ3n) is 5.13. The van der Waals surface area contributed by atoms with Crippen LogP contribution >= 0.6 is 0 Å². The third-order valence-corrected chi connectivity index (χ3v) is 5.13. The van der Waals surface area contributed by atoms with Gasteiger partial charge in [0, 0.05) is 11.6 Å². The molecular weight excluding hydrogens is 294 g/mol. The summed E-state index contributed by atoms with van der Waals surface area (Å²) in [5, 5.41) is 3.22. The lowest BCUT2D eigenvalue weighted by Gasteiger charge is -2.37. The molecule has 2 nitrogen and oxygen atoms in total. The summed E-state index contributed by atoms with van der Waals surface area (Å²) >= 11 is 0. The van der Waals surface area contributed by atoms with Gasteiger partial charge in [-0.2, -0.15) is 0 Å². The molecule has 132 valence electrons. The highest BCUT2D eigenvalue weighted by Crippen LogP contribution is 2.37. The van der Waals surface area contributed by atoms with E-state index in [2.05, 4.69) is 52.1 Å². The summed E-state index contributed by atoms with van der Waals surface area (Å²) in [4.78, 5) is 12.4. The van der Waals surface area contributed by atoms with E-state index >= 15 is 0 Å². The molecule has 0 atom stereocenters. The SMILES string of the molecule is CC(C)/C=C/c1ccc(C(=O)NC2CCC(C(C)(C)C)CC2)cc1. The molecule has 0 spiro atoms. The smallest absolute Gasteiger partial charge is 0.251 e. The van der Waals surface area contributed by atoms with E-state index in [0.717, 1.165) is 29.9 Å². The quantitative estimate of drug-likeness (QED) is 0.756. The molecular formula is C22H33NO. The summed E-state index contributed by atoms with van der Waals surface area (Å²) in [5.74, 6) is 1.38. The van der Waals surface area contributed by atoms with Crippen LogP contribution in [0.5, 0.6) is 0 Å². The summed E-state index contributed by atoms with van der Waals surface area (Å²) in [6, 6.07) is 8.22. The largest absolute Gasteiger partial charge is 0.349 e. The van der Waals surface area contributed by atoms with Gasteiger partial charge < -0.3 is 5.32 Å². The number of carbonyl (C=O) groups is 1. The Kier molecular flexibility index (Phi) is 6.26. The lowest BCUT2D eigenvalue weighted by Crippen LogP contribution is -2.39. The van der Waals surface area contributed by atoms with Gasteiger partial charge in [-0.05, 0) is 60.6 Å². The number of allylic oxidation sites excluding steroid dienone is 1. The van der Waals surface area contributed by atoms with Crippen molar-refractivity contribution in [1.29, 1.82) is 0 Å². The molecule has 1 aromatic rings. The molecule has 1 fully saturated rings. The summed E-state index contributed by atoms with van der Waals surface area (Å²) in [6.07, 6.45) is 8.91. The summed E-state index contributed by atoms with van der Waals surface area (Å²) in [6.45, 7) is 11.3. The second kappa shape index (κ2) is 8.00. The Morgan fingerprint density at radius 2 is 1.67 bits per heavy atom. The number of amides is 1. The number of nitrogens with one attached hydrogen (secondary N) is 1. The molecule has 1 aliphatic carbocycles. The van der Waals surface area contributed by atoms with Gasteiger partial charge in [-0.15, -0.1) is 0 Å². The molecule has 1 aliphatic rings. The first-order valence-corrected chi connectivity index (χ1v) is 9.35. The Bertz CT molecular complexity index is 555. The molecule has 0 unspecified atom stereocenters. The molecule has 0 radical (unpaired) electrons. The minimum atomic E-state index is 0.0635. The van der Waals surface area contributed by atoms with Gasteiger partial charge in [0.1, 0.15) is 0 Å². The van der Waals surface area contributed by atoms with Crippen LogP contribution in [0.4, 0.5) is 0 Å². The molecule has 0 heterocycles. The van der Waals surface area contributed by atoms with Crippen LogP contribution in [0.15, 0.2) is 30.3 Å². The van der Waals surface area contributed by atoms with Crippen LogP contribution in [0.2, 0.25) is 0 Å². The Labute approximate surface area is 147 Å². The van der Waals surface area contributed by atoms with Crippen molar-refractivity contribution in [2.24, 2.45) is 17.3 Å². The second-order valence-corrected chi connectivity index (χ2v) is 8.61. The third kappa shape index (κ3) is 5.51. The molecule has 1 saturated carbocycles. The van der Waals surface area contributed by atoms with Gasteiger partial charge in [-0.1, -0.05) is 58.9 Å². The van der Waals surface area contributed by atoms with Gasteiger partial charge in [-0.25, -0.2) is 0 Å². The monoisotopic (exact) mass is 327 g/mol. The van der Waals surface area contributed by atoms with Crippen LogP contribution in [0.3, 0.4) is 0 Å². The van der Waals surface area contributed by atoms with Crippen molar-refractivity contribution < 1.29 is 4.79 Å². The van der Waals surface area contributed by atoms with E-state index in [0.29, 0.717) is 17.4 Å². The Morgan fingerprint density at radius 1 is 1.08 bits per heavy atom. The van der Waals surface area contributed by atoms with Crippen molar-refractivity contribution in [1.82, 2.24) is 5.32 Å². The summed E-state index contributed by atoms with van der Waals surface area (Å²) in [7, 11) is 0. The Hall–Kier alpha value is -1.57. The standard InChI is InChI=1S/C22H33NO/c1-16(2)6-7-17-8-10-18(11-9-17)21(24)23-20-14-12-19(13-15-20)22(3,4)5/h6-11,16,19-20H,12-15H2,1-5H3,(H,23,24)/b7-6+. The van der Waals surface area contributed by atoms with Crippen molar-refractivity contribution in [3.63, 3.8) is 0 Å². The summed E-state index contributed by atoms with van der Waals surface area (Å²) in [5.41, 5.74) is 2.29. The van der Waals surface area contributed by atoms with Crippen LogP contribution in [0.1, 0.15) is 76.2 Å². The maximum atomic E-state index is 12.4. The molecule has 1 amide bonds. The van der Waals surface area contributed by atoms with E-state index in [9.17, 15) is 4.79 Å². The Morgan fingerprint density at radius 3 is 2.17 bits per heavy atom. The highest BCUT2D eigenvalue weighted by Gasteiger charge is 2.30. The van der Waals surface area contributed by atoms with Crippen molar-refractivity contribution in [2.75, 3.05) is 0 Å². The first-order chi connectivity index (χ1) is 11.3. The second-order valence-electron chi connectivity index (χ2n) is 8.61. The molecule has 24 heavy (non-hydrogen) atoms. The van der Waals surface area contributed by atoms with Crippen molar-refractivity contribution >= 4 is 12.0 Å². The lowest BCUT2D eigenvalue weighted by atomic mass is 9.71. The molecule has 0 aliphatic heterocycles. The molecule has 0 bridgehead atoms. The van der Waals surface area contributed by atoms with Crippen LogP contribution in [-0.2, 0) is 0 Å². The van der Waals surface area contributed by atoms with Crippen LogP contribution < -0.4 is 5.32 Å². The highest BCUT2D eigenvalue weighted by atomic mass is 16.1. The maximum absolute atomic E-state index is 12.4. The molecule has 2 rings (SSSR count). The van der Waals surface area contributed by atoms with Gasteiger partial charge in [0.2, 0.25) is 0 Å². The van der Waals surface area contributed by atoms with E-state index in [4.69, 9.17) is 0 Å². The lowest BCUT2D eigenvalue weighted by molar-refractivity contribution is 0.0904. The first kappa shape index (κ1) is 18.8. The zero-order valence-electron chi connectivity index (χ0n) is 15.9. The number of hydrogen-bond donors (Lipinski definition) is 1. The van der Waals surface area contributed by atoms with Crippen molar-refractivity contribution in [3.8, 4) is 0 Å². The van der Waals surface area contributed by atoms with Crippen LogP contribution in [-0.4, -0.2) is 11.9 Å². The topological polar surface area (TPSA) is 29.1 Å². The minimum Gasteiger partial charge on any atom is -0.349 e. The predicted octanol–water partition coefficient (Wildman–Crippen LogP) is 5.69. The average molecular weight is 328 g/mol. The summed E-state index contributed by atoms with van der Waals surface area (Å²) < 4.78 is 0. The number of benzene rings is 1. The fraction of sp³-hybridized carbons (Fsp3) is 0.591. The van der Waals surface area contributed by atoms with E-state index < -0.39 is 0 Å². The number of rotatable bonds is 4. The zero-order valence-corrected chi connectivity index (χ0v) is 15.9. The van der Waals surface area contributed by atoms with Gasteiger partial charge in [0.05, 0.1) is 0 Å². The Balaban J connectivity index is 1.87. The first-order valence-electron chi connectivity index (χ1n) is 9.35. The molecule has 1 aromatic carbocycles. The van der Waals surface area contributed by atoms with Crippen molar-refractivity contribution in [2.45, 2.75) is 66.3 Å². The van der Waals surface area contributed by atoms with E-state index in [1.165, 1.54) is 12.8 Å². The molecule has 0 saturated heterocycles. The number of carbonyl (C=O) groups excluding carboxylic acids is 1. The van der Waals surface area contributed by atoms with Gasteiger partial charge in [-0.3, -0.25) is 4.79 Å². The molecule has 2 heteroatoms. The predicted molar refractivity (Wildman–Crippen MR) is 103 cm³/mol. The van der Waals surface area contributed by atoms with Gasteiger partial charge in [0.15, 0.2) is 0 Å². The van der Waals surface area contributed by atoms with Crippen LogP contribution in [0.25, 0.3) is 6.08 Å². The van der Waals surface area contributed by atoms with Crippen LogP contribution in [0, 0.1) is 17.3 Å². The fourth-order valence-corrected chi connectivity index (χ4v) is 3.42. The number of hydrogen-bond acceptors (Lipinski definition) is 1. The molecule has 1 N–H and O–H groups in total. The van der Waals surface area contributed by atoms with Gasteiger partial charge in [0.25, 0.3) is 5.91 Å².